The van der Waals surface area contributed by atoms with Gasteiger partial charge in [0.05, 0.1) is 10.7 Å². The van der Waals surface area contributed by atoms with Crippen LogP contribution in [0.25, 0.3) is 11.3 Å². The maximum absolute atomic E-state index is 12.5. The summed E-state index contributed by atoms with van der Waals surface area (Å²) in [5.41, 5.74) is 3.93. The van der Waals surface area contributed by atoms with E-state index in [1.54, 1.807) is 30.6 Å². The molecule has 5 heteroatoms. The summed E-state index contributed by atoms with van der Waals surface area (Å²) in [7, 11) is 0. The van der Waals surface area contributed by atoms with Crippen LogP contribution in [0, 0.1) is 0 Å². The van der Waals surface area contributed by atoms with Crippen molar-refractivity contribution >= 4 is 23.2 Å². The van der Waals surface area contributed by atoms with Crippen molar-refractivity contribution in [2.45, 2.75) is 38.0 Å². The second-order valence-electron chi connectivity index (χ2n) is 7.18. The molecule has 0 aliphatic heterocycles. The van der Waals surface area contributed by atoms with Crippen molar-refractivity contribution in [3.63, 3.8) is 0 Å². The highest BCUT2D eigenvalue weighted by molar-refractivity contribution is 6.33. The predicted molar refractivity (Wildman–Crippen MR) is 113 cm³/mol. The Bertz CT molecular complexity index is 948. The molecule has 1 N–H and O–H groups in total. The molecule has 0 radical (unpaired) electrons. The molecule has 0 atom stereocenters. The van der Waals surface area contributed by atoms with Crippen LogP contribution in [0.2, 0.25) is 5.02 Å². The number of amides is 1. The van der Waals surface area contributed by atoms with E-state index >= 15 is 0 Å². The Morgan fingerprint density at radius 3 is 2.43 bits per heavy atom. The van der Waals surface area contributed by atoms with E-state index in [9.17, 15) is 4.79 Å². The van der Waals surface area contributed by atoms with Crippen LogP contribution >= 0.6 is 11.6 Å². The van der Waals surface area contributed by atoms with Crippen LogP contribution in [-0.4, -0.2) is 15.9 Å². The molecule has 28 heavy (non-hydrogen) atoms. The van der Waals surface area contributed by atoms with E-state index in [4.69, 9.17) is 11.6 Å². The quantitative estimate of drug-likeness (QED) is 0.584. The number of nitrogens with one attached hydrogen (secondary N) is 1. The van der Waals surface area contributed by atoms with Crippen LogP contribution in [-0.2, 0) is 0 Å². The molecule has 0 spiro atoms. The Kier molecular flexibility index (Phi) is 5.68. The van der Waals surface area contributed by atoms with E-state index < -0.39 is 0 Å². The highest BCUT2D eigenvalue weighted by Gasteiger charge is 2.15. The maximum atomic E-state index is 12.5. The van der Waals surface area contributed by atoms with E-state index in [0.717, 1.165) is 11.3 Å². The zero-order chi connectivity index (χ0) is 19.3. The van der Waals surface area contributed by atoms with Crippen molar-refractivity contribution < 1.29 is 4.79 Å². The molecular weight excluding hydrogens is 370 g/mol. The van der Waals surface area contributed by atoms with Gasteiger partial charge in [0.25, 0.3) is 5.91 Å². The fourth-order valence-corrected chi connectivity index (χ4v) is 3.97. The van der Waals surface area contributed by atoms with Crippen molar-refractivity contribution in [1.29, 1.82) is 0 Å². The zero-order valence-corrected chi connectivity index (χ0v) is 16.3. The van der Waals surface area contributed by atoms with E-state index in [1.165, 1.54) is 37.7 Å². The average Bonchev–Trinajstić information content (AvgIpc) is 2.75. The Labute approximate surface area is 170 Å². The van der Waals surface area contributed by atoms with Crippen LogP contribution in [0.4, 0.5) is 5.69 Å². The predicted octanol–water partition coefficient (Wildman–Crippen LogP) is 6.10. The molecule has 1 aromatic carbocycles. The molecule has 2 aromatic heterocycles. The standard InChI is InChI=1S/C23H22ClN3O/c24-20-7-4-14-25-22(20)18-10-13-21(26-15-18)23(28)27-19-11-8-17(9-12-19)16-5-2-1-3-6-16/h4,7-16H,1-3,5-6H2,(H,27,28). The lowest BCUT2D eigenvalue weighted by Crippen LogP contribution is -2.13. The van der Waals surface area contributed by atoms with E-state index in [2.05, 4.69) is 27.4 Å². The molecule has 1 saturated carbocycles. The summed E-state index contributed by atoms with van der Waals surface area (Å²) in [6.07, 6.45) is 9.81. The van der Waals surface area contributed by atoms with Crippen LogP contribution in [0.1, 0.15) is 54.1 Å². The fraction of sp³-hybridized carbons (Fsp3) is 0.261. The minimum atomic E-state index is -0.232. The average molecular weight is 392 g/mol. The van der Waals surface area contributed by atoms with Crippen LogP contribution in [0.5, 0.6) is 0 Å². The summed E-state index contributed by atoms with van der Waals surface area (Å²) in [5.74, 6) is 0.426. The first-order chi connectivity index (χ1) is 13.7. The van der Waals surface area contributed by atoms with Crippen LogP contribution in [0.15, 0.2) is 60.9 Å². The van der Waals surface area contributed by atoms with E-state index in [1.807, 2.05) is 18.2 Å². The van der Waals surface area contributed by atoms with Gasteiger partial charge < -0.3 is 5.32 Å². The highest BCUT2D eigenvalue weighted by atomic mass is 35.5. The summed E-state index contributed by atoms with van der Waals surface area (Å²) in [6.45, 7) is 0. The van der Waals surface area contributed by atoms with E-state index in [0.29, 0.717) is 22.3 Å². The number of pyridine rings is 2. The lowest BCUT2D eigenvalue weighted by Gasteiger charge is -2.22. The number of rotatable bonds is 4. The normalized spacial score (nSPS) is 14.6. The molecule has 0 unspecified atom stereocenters. The number of carbonyl (C=O) groups excluding carboxylic acids is 1. The lowest BCUT2D eigenvalue weighted by atomic mass is 9.84. The monoisotopic (exact) mass is 391 g/mol. The number of benzene rings is 1. The minimum absolute atomic E-state index is 0.232. The van der Waals surface area contributed by atoms with Gasteiger partial charge in [0.1, 0.15) is 5.69 Å². The number of aromatic nitrogens is 2. The molecule has 2 heterocycles. The maximum Gasteiger partial charge on any atom is 0.274 e. The van der Waals surface area contributed by atoms with Crippen molar-refractivity contribution in [3.8, 4) is 11.3 Å². The number of halogens is 1. The number of nitrogens with zero attached hydrogens (tertiary/aromatic N) is 2. The molecule has 1 amide bonds. The van der Waals surface area contributed by atoms with Gasteiger partial charge in [0, 0.05) is 23.6 Å². The second kappa shape index (κ2) is 8.53. The van der Waals surface area contributed by atoms with Gasteiger partial charge in [-0.05, 0) is 60.7 Å². The zero-order valence-electron chi connectivity index (χ0n) is 15.6. The van der Waals surface area contributed by atoms with Crippen molar-refractivity contribution in [2.24, 2.45) is 0 Å². The van der Waals surface area contributed by atoms with Crippen molar-refractivity contribution in [1.82, 2.24) is 9.97 Å². The molecule has 0 saturated heterocycles. The molecule has 4 nitrogen and oxygen atoms in total. The first-order valence-electron chi connectivity index (χ1n) is 9.69. The Morgan fingerprint density at radius 1 is 0.964 bits per heavy atom. The third-order valence-corrected chi connectivity index (χ3v) is 5.58. The third kappa shape index (κ3) is 4.23. The van der Waals surface area contributed by atoms with Gasteiger partial charge in [-0.25, -0.2) is 0 Å². The number of carbonyl (C=O) groups is 1. The Hall–Kier alpha value is -2.72. The summed E-state index contributed by atoms with van der Waals surface area (Å²) in [6, 6.07) is 15.3. The molecular formula is C23H22ClN3O. The smallest absolute Gasteiger partial charge is 0.274 e. The van der Waals surface area contributed by atoms with Crippen molar-refractivity contribution in [2.75, 3.05) is 5.32 Å². The van der Waals surface area contributed by atoms with Crippen LogP contribution < -0.4 is 5.32 Å². The summed E-state index contributed by atoms with van der Waals surface area (Å²) in [5, 5.41) is 3.47. The summed E-state index contributed by atoms with van der Waals surface area (Å²) < 4.78 is 0. The molecule has 1 aliphatic carbocycles. The summed E-state index contributed by atoms with van der Waals surface area (Å²) >= 11 is 6.17. The molecule has 4 rings (SSSR count). The number of hydrogen-bond donors (Lipinski definition) is 1. The second-order valence-corrected chi connectivity index (χ2v) is 7.58. The third-order valence-electron chi connectivity index (χ3n) is 5.27. The van der Waals surface area contributed by atoms with Crippen LogP contribution in [0.3, 0.4) is 0 Å². The van der Waals surface area contributed by atoms with Gasteiger partial charge in [-0.3, -0.25) is 14.8 Å². The van der Waals surface area contributed by atoms with Gasteiger partial charge in [0.15, 0.2) is 0 Å². The molecule has 1 fully saturated rings. The topological polar surface area (TPSA) is 54.9 Å². The van der Waals surface area contributed by atoms with Gasteiger partial charge >= 0.3 is 0 Å². The SMILES string of the molecule is O=C(Nc1ccc(C2CCCCC2)cc1)c1ccc(-c2ncccc2Cl)cn1. The van der Waals surface area contributed by atoms with Gasteiger partial charge in [0.2, 0.25) is 0 Å². The first kappa shape index (κ1) is 18.6. The molecule has 142 valence electrons. The molecule has 1 aliphatic rings. The molecule has 0 bridgehead atoms. The van der Waals surface area contributed by atoms with Crippen molar-refractivity contribution in [3.05, 3.63) is 77.2 Å². The highest BCUT2D eigenvalue weighted by Crippen LogP contribution is 2.33. The largest absolute Gasteiger partial charge is 0.321 e. The Morgan fingerprint density at radius 2 is 1.75 bits per heavy atom. The summed E-state index contributed by atoms with van der Waals surface area (Å²) in [4.78, 5) is 21.0. The number of anilines is 1. The Balaban J connectivity index is 1.43. The first-order valence-corrected chi connectivity index (χ1v) is 10.1. The van der Waals surface area contributed by atoms with Gasteiger partial charge in [-0.2, -0.15) is 0 Å². The fourth-order valence-electron chi connectivity index (χ4n) is 3.74. The lowest BCUT2D eigenvalue weighted by molar-refractivity contribution is 0.102. The van der Waals surface area contributed by atoms with Gasteiger partial charge in [-0.15, -0.1) is 0 Å². The minimum Gasteiger partial charge on any atom is -0.321 e. The van der Waals surface area contributed by atoms with E-state index in [-0.39, 0.29) is 5.91 Å². The van der Waals surface area contributed by atoms with Gasteiger partial charge in [-0.1, -0.05) is 43.0 Å². The number of hydrogen-bond acceptors (Lipinski definition) is 3. The molecule has 3 aromatic rings.